The Kier molecular flexibility index (Phi) is 6.04. The van der Waals surface area contributed by atoms with Crippen LogP contribution in [0, 0.1) is 27.9 Å². The number of urea groups is 1. The van der Waals surface area contributed by atoms with E-state index in [1.807, 2.05) is 12.1 Å². The Balaban J connectivity index is 1.15. The van der Waals surface area contributed by atoms with Crippen LogP contribution < -0.4 is 15.0 Å². The molecular weight excluding hydrogens is 538 g/mol. The summed E-state index contributed by atoms with van der Waals surface area (Å²) in [6, 6.07) is 14.1. The molecule has 4 amide bonds. The number of benzene rings is 2. The fraction of sp³-hybridized carbons (Fsp3) is 0.344. The molecule has 10 nitrogen and oxygen atoms in total. The van der Waals surface area contributed by atoms with E-state index in [0.29, 0.717) is 17.0 Å². The average Bonchev–Trinajstić information content (AvgIpc) is 3.43. The summed E-state index contributed by atoms with van der Waals surface area (Å²) in [5.41, 5.74) is 1.92. The number of nitrogens with zero attached hydrogens (tertiary/aromatic N) is 2. The molecule has 0 spiro atoms. The highest BCUT2D eigenvalue weighted by Crippen LogP contribution is 2.60. The van der Waals surface area contributed by atoms with Crippen molar-refractivity contribution in [2.45, 2.75) is 43.9 Å². The molecule has 214 valence electrons. The summed E-state index contributed by atoms with van der Waals surface area (Å²) < 4.78 is 11.1. The van der Waals surface area contributed by atoms with Gasteiger partial charge in [0.15, 0.2) is 0 Å². The van der Waals surface area contributed by atoms with E-state index in [1.165, 1.54) is 75.5 Å². The van der Waals surface area contributed by atoms with Crippen molar-refractivity contribution in [3.63, 3.8) is 0 Å². The Morgan fingerprint density at radius 2 is 1.64 bits per heavy atom. The minimum atomic E-state index is -0.822. The smallest absolute Gasteiger partial charge is 0.335 e. The molecular formula is C32H29N3O7. The largest absolute Gasteiger partial charge is 0.496 e. The number of anilines is 1. The van der Waals surface area contributed by atoms with E-state index in [4.69, 9.17) is 9.15 Å². The molecule has 1 saturated heterocycles. The van der Waals surface area contributed by atoms with Gasteiger partial charge in [0.05, 0.1) is 29.4 Å². The number of hydrogen-bond donors (Lipinski definition) is 1. The summed E-state index contributed by atoms with van der Waals surface area (Å²) in [7, 11) is 1.39. The zero-order valence-corrected chi connectivity index (χ0v) is 23.0. The molecule has 5 fully saturated rings. The standard InChI is InChI=1S/C32H29N3O7/c1-41-28-13-23(35(39)40)6-8-25(28)27-9-7-24(42-27)14-26-29(36)33-31(38)34(30(26)37)22-4-2-21(3-5-22)32-15-18-10-19(16-32)12-20(11-18)17-32/h2-9,13-14,18-20H,10-12,15-17H2,1H3,(H,33,36,38)/b26-14+. The van der Waals surface area contributed by atoms with Gasteiger partial charge in [0, 0.05) is 6.07 Å². The summed E-state index contributed by atoms with van der Waals surface area (Å²) in [6.07, 6.45) is 8.95. The van der Waals surface area contributed by atoms with Gasteiger partial charge in [0.2, 0.25) is 0 Å². The second-order valence-electron chi connectivity index (χ2n) is 12.0. The van der Waals surface area contributed by atoms with Crippen molar-refractivity contribution in [2.75, 3.05) is 12.0 Å². The van der Waals surface area contributed by atoms with Gasteiger partial charge in [-0.1, -0.05) is 12.1 Å². The molecule has 3 aromatic rings. The number of nitro benzene ring substituents is 1. The lowest BCUT2D eigenvalue weighted by molar-refractivity contribution is -0.384. The molecule has 5 aliphatic rings. The maximum atomic E-state index is 13.5. The van der Waals surface area contributed by atoms with Gasteiger partial charge in [0.1, 0.15) is 22.8 Å². The average molecular weight is 568 g/mol. The van der Waals surface area contributed by atoms with Gasteiger partial charge >= 0.3 is 6.03 Å². The molecule has 42 heavy (non-hydrogen) atoms. The van der Waals surface area contributed by atoms with Crippen molar-refractivity contribution in [3.8, 4) is 17.1 Å². The molecule has 4 saturated carbocycles. The van der Waals surface area contributed by atoms with Crippen molar-refractivity contribution in [1.29, 1.82) is 0 Å². The maximum absolute atomic E-state index is 13.5. The Labute approximate surface area is 241 Å². The summed E-state index contributed by atoms with van der Waals surface area (Å²) in [5, 5.41) is 13.4. The maximum Gasteiger partial charge on any atom is 0.335 e. The summed E-state index contributed by atoms with van der Waals surface area (Å²) in [4.78, 5) is 50.6. The minimum Gasteiger partial charge on any atom is -0.496 e. The van der Waals surface area contributed by atoms with Crippen LogP contribution in [0.3, 0.4) is 0 Å². The van der Waals surface area contributed by atoms with Crippen LogP contribution in [0.1, 0.15) is 49.8 Å². The first-order valence-corrected chi connectivity index (χ1v) is 14.2. The highest BCUT2D eigenvalue weighted by atomic mass is 16.6. The monoisotopic (exact) mass is 567 g/mol. The molecule has 4 aliphatic carbocycles. The first-order chi connectivity index (χ1) is 20.2. The van der Waals surface area contributed by atoms with Crippen LogP contribution in [0.25, 0.3) is 17.4 Å². The fourth-order valence-corrected chi connectivity index (χ4v) is 8.03. The molecule has 1 aliphatic heterocycles. The lowest BCUT2D eigenvalue weighted by Gasteiger charge is -2.57. The predicted molar refractivity (Wildman–Crippen MR) is 153 cm³/mol. The van der Waals surface area contributed by atoms with E-state index < -0.39 is 22.8 Å². The highest BCUT2D eigenvalue weighted by Gasteiger charge is 2.51. The van der Waals surface area contributed by atoms with Gasteiger partial charge in [0.25, 0.3) is 17.5 Å². The predicted octanol–water partition coefficient (Wildman–Crippen LogP) is 6.00. The SMILES string of the molecule is COc1cc([N+](=O)[O-])ccc1-c1ccc(/C=C2\C(=O)NC(=O)N(c3ccc(C45CC6CC(CC(C6)C4)C5)cc3)C2=O)o1. The number of carbonyl (C=O) groups excluding carboxylic acids is 3. The van der Waals surface area contributed by atoms with Crippen molar-refractivity contribution in [3.05, 3.63) is 81.6 Å². The zero-order chi connectivity index (χ0) is 29.2. The lowest BCUT2D eigenvalue weighted by Crippen LogP contribution is -2.54. The number of barbiturate groups is 1. The van der Waals surface area contributed by atoms with E-state index in [9.17, 15) is 24.5 Å². The zero-order valence-electron chi connectivity index (χ0n) is 23.0. The van der Waals surface area contributed by atoms with Crippen LogP contribution in [0.4, 0.5) is 16.2 Å². The molecule has 10 heteroatoms. The number of imide groups is 2. The summed E-state index contributed by atoms with van der Waals surface area (Å²) in [5.74, 6) is 1.57. The second kappa shape index (κ2) is 9.68. The van der Waals surface area contributed by atoms with Crippen LogP contribution in [0.5, 0.6) is 5.75 Å². The third kappa shape index (κ3) is 4.29. The Bertz CT molecular complexity index is 1630. The van der Waals surface area contributed by atoms with Gasteiger partial charge in [-0.2, -0.15) is 0 Å². The Hall–Kier alpha value is -4.73. The topological polar surface area (TPSA) is 132 Å². The number of methoxy groups -OCH3 is 1. The van der Waals surface area contributed by atoms with Crippen LogP contribution >= 0.6 is 0 Å². The van der Waals surface area contributed by atoms with Crippen molar-refractivity contribution >= 4 is 35.3 Å². The van der Waals surface area contributed by atoms with Gasteiger partial charge in [-0.3, -0.25) is 25.0 Å². The van der Waals surface area contributed by atoms with Crippen molar-refractivity contribution in [2.24, 2.45) is 17.8 Å². The van der Waals surface area contributed by atoms with Gasteiger partial charge < -0.3 is 9.15 Å². The van der Waals surface area contributed by atoms with Gasteiger partial charge in [-0.25, -0.2) is 9.69 Å². The number of carbonyl (C=O) groups is 3. The van der Waals surface area contributed by atoms with Crippen LogP contribution in [-0.2, 0) is 15.0 Å². The van der Waals surface area contributed by atoms with E-state index in [2.05, 4.69) is 5.32 Å². The van der Waals surface area contributed by atoms with E-state index in [-0.39, 0.29) is 28.2 Å². The van der Waals surface area contributed by atoms with E-state index in [0.717, 1.165) is 22.7 Å². The number of non-ortho nitro benzene ring substituents is 1. The number of hydrogen-bond acceptors (Lipinski definition) is 7. The van der Waals surface area contributed by atoms with Crippen molar-refractivity contribution in [1.82, 2.24) is 5.32 Å². The van der Waals surface area contributed by atoms with Gasteiger partial charge in [-0.15, -0.1) is 0 Å². The normalized spacial score (nSPS) is 27.5. The first kappa shape index (κ1) is 26.2. The van der Waals surface area contributed by atoms with Crippen LogP contribution in [-0.4, -0.2) is 29.9 Å². The minimum absolute atomic E-state index is 0.135. The fourth-order valence-electron chi connectivity index (χ4n) is 8.03. The molecule has 1 aromatic heterocycles. The van der Waals surface area contributed by atoms with E-state index >= 15 is 0 Å². The van der Waals surface area contributed by atoms with Crippen molar-refractivity contribution < 1.29 is 28.5 Å². The number of amides is 4. The molecule has 2 aromatic carbocycles. The molecule has 4 bridgehead atoms. The number of ether oxygens (including phenoxy) is 1. The molecule has 0 unspecified atom stereocenters. The first-order valence-electron chi connectivity index (χ1n) is 14.2. The summed E-state index contributed by atoms with van der Waals surface area (Å²) in [6.45, 7) is 0. The number of rotatable bonds is 6. The number of furan rings is 1. The third-order valence-electron chi connectivity index (χ3n) is 9.45. The molecule has 2 heterocycles. The summed E-state index contributed by atoms with van der Waals surface area (Å²) >= 11 is 0. The molecule has 1 N–H and O–H groups in total. The number of nitro groups is 1. The Morgan fingerprint density at radius 3 is 2.26 bits per heavy atom. The second-order valence-corrected chi connectivity index (χ2v) is 12.0. The lowest BCUT2D eigenvalue weighted by atomic mass is 9.48. The number of nitrogens with one attached hydrogen (secondary N) is 1. The Morgan fingerprint density at radius 1 is 0.976 bits per heavy atom. The highest BCUT2D eigenvalue weighted by molar-refractivity contribution is 6.39. The molecule has 0 atom stereocenters. The third-order valence-corrected chi connectivity index (χ3v) is 9.45. The van der Waals surface area contributed by atoms with Crippen LogP contribution in [0.2, 0.25) is 0 Å². The quantitative estimate of drug-likeness (QED) is 0.167. The van der Waals surface area contributed by atoms with Crippen LogP contribution in [0.15, 0.2) is 64.6 Å². The molecule has 0 radical (unpaired) electrons. The molecule has 8 rings (SSSR count). The van der Waals surface area contributed by atoms with Gasteiger partial charge in [-0.05, 0) is 104 Å². The van der Waals surface area contributed by atoms with E-state index in [1.54, 1.807) is 24.3 Å².